The Morgan fingerprint density at radius 1 is 0.600 bits per heavy atom. The van der Waals surface area contributed by atoms with E-state index in [0.717, 1.165) is 50.4 Å². The summed E-state index contributed by atoms with van der Waals surface area (Å²) < 4.78 is 13.1. The van der Waals surface area contributed by atoms with Crippen LogP contribution in [0, 0.1) is 0 Å². The Hall–Kier alpha value is -1.96. The van der Waals surface area contributed by atoms with E-state index in [4.69, 9.17) is 9.47 Å². The Labute approximate surface area is 215 Å². The smallest absolute Gasteiger partial charge is 0.131 e. The number of rotatable bonds is 18. The maximum Gasteiger partial charge on any atom is 0.131 e. The molecule has 2 aromatic carbocycles. The molecular formula is C33H50O2. The van der Waals surface area contributed by atoms with Crippen molar-refractivity contribution < 1.29 is 9.47 Å². The van der Waals surface area contributed by atoms with Gasteiger partial charge in [0.15, 0.2) is 0 Å². The topological polar surface area (TPSA) is 18.5 Å². The molecule has 194 valence electrons. The summed E-state index contributed by atoms with van der Waals surface area (Å²) >= 11 is 0. The molecule has 1 aliphatic carbocycles. The zero-order chi connectivity index (χ0) is 24.7. The summed E-state index contributed by atoms with van der Waals surface area (Å²) in [5.74, 6) is 2.21. The molecule has 0 bridgehead atoms. The second-order valence-corrected chi connectivity index (χ2v) is 10.5. The van der Waals surface area contributed by atoms with Gasteiger partial charge in [-0.05, 0) is 32.6 Å². The molecule has 0 N–H and O–H groups in total. The summed E-state index contributed by atoms with van der Waals surface area (Å²) in [6.07, 6.45) is 22.6. The maximum absolute atomic E-state index is 6.56. The highest BCUT2D eigenvalue weighted by Gasteiger charge is 2.23. The SMILES string of the molecule is CCCCCCCCCOc1c2c(c(OCCCCCCCCC)c3ccccc13)CC(C)=CC2. The Morgan fingerprint density at radius 3 is 1.57 bits per heavy atom. The lowest BCUT2D eigenvalue weighted by atomic mass is 9.87. The van der Waals surface area contributed by atoms with Gasteiger partial charge in [0.25, 0.3) is 0 Å². The van der Waals surface area contributed by atoms with Crippen LogP contribution in [0.5, 0.6) is 11.5 Å². The average Bonchev–Trinajstić information content (AvgIpc) is 2.87. The van der Waals surface area contributed by atoms with E-state index in [1.807, 2.05) is 0 Å². The van der Waals surface area contributed by atoms with E-state index >= 15 is 0 Å². The van der Waals surface area contributed by atoms with Crippen LogP contribution in [0.4, 0.5) is 0 Å². The molecule has 0 heterocycles. The molecule has 0 amide bonds. The highest BCUT2D eigenvalue weighted by Crippen LogP contribution is 2.44. The standard InChI is InChI=1S/C33H50O2/c1-4-6-8-10-12-14-18-24-34-32-28-20-16-17-21-29(28)33(31-26-27(3)22-23-30(31)32)35-25-19-15-13-11-9-7-5-2/h16-17,20-22H,4-15,18-19,23-26H2,1-3H3. The van der Waals surface area contributed by atoms with Gasteiger partial charge in [-0.1, -0.05) is 127 Å². The van der Waals surface area contributed by atoms with Crippen molar-refractivity contribution in [3.63, 3.8) is 0 Å². The third-order valence-electron chi connectivity index (χ3n) is 7.43. The molecule has 0 fully saturated rings. The van der Waals surface area contributed by atoms with Gasteiger partial charge < -0.3 is 9.47 Å². The van der Waals surface area contributed by atoms with E-state index in [1.54, 1.807) is 0 Å². The summed E-state index contributed by atoms with van der Waals surface area (Å²) in [4.78, 5) is 0. The van der Waals surface area contributed by atoms with E-state index in [1.165, 1.54) is 105 Å². The largest absolute Gasteiger partial charge is 0.493 e. The minimum absolute atomic E-state index is 0.811. The molecule has 2 nitrogen and oxygen atoms in total. The van der Waals surface area contributed by atoms with Crippen LogP contribution in [-0.4, -0.2) is 13.2 Å². The minimum Gasteiger partial charge on any atom is -0.493 e. The zero-order valence-electron chi connectivity index (χ0n) is 22.9. The number of hydrogen-bond acceptors (Lipinski definition) is 2. The van der Waals surface area contributed by atoms with Gasteiger partial charge in [0.2, 0.25) is 0 Å². The summed E-state index contributed by atoms with van der Waals surface area (Å²) in [5.41, 5.74) is 4.15. The summed E-state index contributed by atoms with van der Waals surface area (Å²) in [5, 5.41) is 2.44. The van der Waals surface area contributed by atoms with Gasteiger partial charge in [-0.25, -0.2) is 0 Å². The summed E-state index contributed by atoms with van der Waals surface area (Å²) in [6, 6.07) is 8.73. The van der Waals surface area contributed by atoms with Crippen LogP contribution in [0.3, 0.4) is 0 Å². The highest BCUT2D eigenvalue weighted by atomic mass is 16.5. The molecule has 0 aromatic heterocycles. The molecule has 3 rings (SSSR count). The van der Waals surface area contributed by atoms with Crippen LogP contribution in [0.1, 0.15) is 122 Å². The Balaban J connectivity index is 1.66. The van der Waals surface area contributed by atoms with Gasteiger partial charge >= 0.3 is 0 Å². The van der Waals surface area contributed by atoms with Crippen LogP contribution in [0.2, 0.25) is 0 Å². The van der Waals surface area contributed by atoms with Gasteiger partial charge in [0.1, 0.15) is 11.5 Å². The lowest BCUT2D eigenvalue weighted by Crippen LogP contribution is -2.11. The van der Waals surface area contributed by atoms with Crippen molar-refractivity contribution in [2.75, 3.05) is 13.2 Å². The first-order chi connectivity index (χ1) is 17.3. The van der Waals surface area contributed by atoms with E-state index in [0.29, 0.717) is 0 Å². The fourth-order valence-corrected chi connectivity index (χ4v) is 5.31. The predicted molar refractivity (Wildman–Crippen MR) is 152 cm³/mol. The van der Waals surface area contributed by atoms with Gasteiger partial charge in [-0.15, -0.1) is 0 Å². The zero-order valence-corrected chi connectivity index (χ0v) is 22.9. The van der Waals surface area contributed by atoms with Crippen LogP contribution >= 0.6 is 0 Å². The lowest BCUT2D eigenvalue weighted by molar-refractivity contribution is 0.296. The van der Waals surface area contributed by atoms with Crippen LogP contribution in [0.15, 0.2) is 35.9 Å². The normalized spacial score (nSPS) is 13.1. The molecule has 0 saturated carbocycles. The first-order valence-electron chi connectivity index (χ1n) is 14.7. The maximum atomic E-state index is 6.56. The molecular weight excluding hydrogens is 428 g/mol. The fourth-order valence-electron chi connectivity index (χ4n) is 5.31. The van der Waals surface area contributed by atoms with Gasteiger partial charge in [-0.2, -0.15) is 0 Å². The van der Waals surface area contributed by atoms with Crippen molar-refractivity contribution in [3.05, 3.63) is 47.0 Å². The van der Waals surface area contributed by atoms with Crippen LogP contribution in [0.25, 0.3) is 10.8 Å². The van der Waals surface area contributed by atoms with Crippen LogP contribution in [-0.2, 0) is 12.8 Å². The van der Waals surface area contributed by atoms with Crippen molar-refractivity contribution in [1.82, 2.24) is 0 Å². The van der Waals surface area contributed by atoms with E-state index in [2.05, 4.69) is 51.1 Å². The quantitative estimate of drug-likeness (QED) is 0.157. The molecule has 0 aliphatic heterocycles. The second kappa shape index (κ2) is 15.9. The minimum atomic E-state index is 0.811. The summed E-state index contributed by atoms with van der Waals surface area (Å²) in [7, 11) is 0. The molecule has 35 heavy (non-hydrogen) atoms. The lowest BCUT2D eigenvalue weighted by Gasteiger charge is -2.25. The van der Waals surface area contributed by atoms with Gasteiger partial charge in [0, 0.05) is 21.9 Å². The highest BCUT2D eigenvalue weighted by molar-refractivity contribution is 5.96. The predicted octanol–water partition coefficient (Wildman–Crippen LogP) is 10.1. The number of hydrogen-bond donors (Lipinski definition) is 0. The molecule has 0 spiro atoms. The molecule has 2 heteroatoms. The third kappa shape index (κ3) is 8.58. The Morgan fingerprint density at radius 2 is 1.06 bits per heavy atom. The van der Waals surface area contributed by atoms with Crippen LogP contribution < -0.4 is 9.47 Å². The van der Waals surface area contributed by atoms with Crippen molar-refractivity contribution in [2.45, 2.75) is 124 Å². The number of ether oxygens (including phenoxy) is 2. The molecule has 1 aliphatic rings. The van der Waals surface area contributed by atoms with E-state index < -0.39 is 0 Å². The first kappa shape index (κ1) is 27.6. The Bertz CT molecular complexity index is 911. The molecule has 0 unspecified atom stereocenters. The molecule has 0 atom stereocenters. The van der Waals surface area contributed by atoms with Gasteiger partial charge in [-0.3, -0.25) is 0 Å². The number of unbranched alkanes of at least 4 members (excludes halogenated alkanes) is 12. The Kier molecular flexibility index (Phi) is 12.6. The molecule has 2 aromatic rings. The number of allylic oxidation sites excluding steroid dienone is 2. The number of fused-ring (bicyclic) bond motifs is 2. The monoisotopic (exact) mass is 478 g/mol. The van der Waals surface area contributed by atoms with E-state index in [9.17, 15) is 0 Å². The first-order valence-corrected chi connectivity index (χ1v) is 14.7. The van der Waals surface area contributed by atoms with Crippen molar-refractivity contribution in [3.8, 4) is 11.5 Å². The van der Waals surface area contributed by atoms with Crippen molar-refractivity contribution in [2.24, 2.45) is 0 Å². The fraction of sp³-hybridized carbons (Fsp3) is 0.636. The van der Waals surface area contributed by atoms with Gasteiger partial charge in [0.05, 0.1) is 13.2 Å². The van der Waals surface area contributed by atoms with Crippen molar-refractivity contribution >= 4 is 10.8 Å². The van der Waals surface area contributed by atoms with E-state index in [-0.39, 0.29) is 0 Å². The molecule has 0 radical (unpaired) electrons. The average molecular weight is 479 g/mol. The van der Waals surface area contributed by atoms with Crippen molar-refractivity contribution in [1.29, 1.82) is 0 Å². The third-order valence-corrected chi connectivity index (χ3v) is 7.43. The summed E-state index contributed by atoms with van der Waals surface area (Å²) in [6.45, 7) is 8.43. The molecule has 0 saturated heterocycles. The second-order valence-electron chi connectivity index (χ2n) is 10.5. The number of benzene rings is 2.